The normalized spacial score (nSPS) is 21.6. The summed E-state index contributed by atoms with van der Waals surface area (Å²) in [6.45, 7) is 6.50. The first-order valence-corrected chi connectivity index (χ1v) is 11.4. The van der Waals surface area contributed by atoms with Crippen LogP contribution in [-0.2, 0) is 11.2 Å². The Kier molecular flexibility index (Phi) is 4.73. The predicted octanol–water partition coefficient (Wildman–Crippen LogP) is 5.97. The van der Waals surface area contributed by atoms with Crippen molar-refractivity contribution in [2.45, 2.75) is 58.8 Å². The van der Waals surface area contributed by atoms with Crippen molar-refractivity contribution < 1.29 is 9.59 Å². The fourth-order valence-electron chi connectivity index (χ4n) is 5.40. The van der Waals surface area contributed by atoms with Crippen LogP contribution in [0, 0.1) is 5.41 Å². The van der Waals surface area contributed by atoms with Gasteiger partial charge in [0, 0.05) is 29.0 Å². The van der Waals surface area contributed by atoms with Crippen LogP contribution in [0.25, 0.3) is 5.70 Å². The molecule has 0 aromatic heterocycles. The van der Waals surface area contributed by atoms with Crippen LogP contribution in [0.4, 0.5) is 0 Å². The van der Waals surface area contributed by atoms with E-state index < -0.39 is 0 Å². The topological polar surface area (TPSA) is 46.2 Å². The quantitative estimate of drug-likeness (QED) is 0.674. The molecule has 1 atom stereocenters. The van der Waals surface area contributed by atoms with Gasteiger partial charge in [0.1, 0.15) is 0 Å². The summed E-state index contributed by atoms with van der Waals surface area (Å²) in [5, 5.41) is 3.42. The monoisotopic (exact) mass is 411 g/mol. The first-order chi connectivity index (χ1) is 14.9. The molecule has 5 rings (SSSR count). The molecule has 0 spiro atoms. The molecule has 2 aromatic carbocycles. The number of Topliss-reactive ketones (excluding diaryl/α,β-unsaturated/α-hetero) is 2. The molecule has 3 heteroatoms. The van der Waals surface area contributed by atoms with Gasteiger partial charge in [0.25, 0.3) is 0 Å². The summed E-state index contributed by atoms with van der Waals surface area (Å²) >= 11 is 0. The molecule has 1 N–H and O–H groups in total. The van der Waals surface area contributed by atoms with E-state index in [-0.39, 0.29) is 22.9 Å². The molecular weight excluding hydrogens is 382 g/mol. The van der Waals surface area contributed by atoms with Gasteiger partial charge in [0.05, 0.1) is 11.4 Å². The lowest BCUT2D eigenvalue weighted by molar-refractivity contribution is -0.118. The molecule has 3 nitrogen and oxygen atoms in total. The maximum Gasteiger partial charge on any atom is 0.192 e. The Morgan fingerprint density at radius 3 is 2.35 bits per heavy atom. The first-order valence-electron chi connectivity index (χ1n) is 11.4. The van der Waals surface area contributed by atoms with E-state index in [0.717, 1.165) is 46.4 Å². The fraction of sp³-hybridized carbons (Fsp3) is 0.357. The first kappa shape index (κ1) is 20.0. The molecule has 158 valence electrons. The van der Waals surface area contributed by atoms with Gasteiger partial charge in [-0.2, -0.15) is 0 Å². The average molecular weight is 412 g/mol. The third-order valence-electron chi connectivity index (χ3n) is 6.88. The van der Waals surface area contributed by atoms with Gasteiger partial charge in [-0.3, -0.25) is 9.59 Å². The van der Waals surface area contributed by atoms with Gasteiger partial charge in [0.15, 0.2) is 11.6 Å². The van der Waals surface area contributed by atoms with Crippen LogP contribution < -0.4 is 5.32 Å². The Hall–Kier alpha value is -2.94. The highest BCUT2D eigenvalue weighted by Crippen LogP contribution is 2.52. The highest BCUT2D eigenvalue weighted by Gasteiger charge is 2.45. The van der Waals surface area contributed by atoms with Crippen molar-refractivity contribution in [2.24, 2.45) is 5.41 Å². The number of dihydropyridines is 1. The van der Waals surface area contributed by atoms with Crippen molar-refractivity contribution in [3.63, 3.8) is 0 Å². The van der Waals surface area contributed by atoms with E-state index in [1.807, 2.05) is 24.3 Å². The Labute approximate surface area is 184 Å². The highest BCUT2D eigenvalue weighted by atomic mass is 16.1. The summed E-state index contributed by atoms with van der Waals surface area (Å²) in [6.07, 6.45) is 4.75. The second kappa shape index (κ2) is 7.33. The standard InChI is InChI=1S/C28H29NO2/c1-4-5-8-17-11-13-18(14-12-17)23-21-15-28(2,3)16-22(30)25(21)29-26-19-9-6-7-10-20(19)27(31)24(23)26/h6-7,9-14,23,29H,4-5,8,15-16H2,1-3H3. The number of carbonyl (C=O) groups is 2. The van der Waals surface area contributed by atoms with Crippen LogP contribution in [0.2, 0.25) is 0 Å². The summed E-state index contributed by atoms with van der Waals surface area (Å²) in [7, 11) is 0. The molecule has 2 aromatic rings. The zero-order valence-electron chi connectivity index (χ0n) is 18.5. The molecule has 31 heavy (non-hydrogen) atoms. The van der Waals surface area contributed by atoms with E-state index in [9.17, 15) is 9.59 Å². The molecule has 2 aliphatic carbocycles. The molecule has 0 amide bonds. The Balaban J connectivity index is 1.65. The van der Waals surface area contributed by atoms with Gasteiger partial charge in [-0.25, -0.2) is 0 Å². The van der Waals surface area contributed by atoms with Crippen LogP contribution in [0.5, 0.6) is 0 Å². The lowest BCUT2D eigenvalue weighted by Crippen LogP contribution is -2.37. The summed E-state index contributed by atoms with van der Waals surface area (Å²) in [5.41, 5.74) is 7.37. The number of rotatable bonds is 4. The third-order valence-corrected chi connectivity index (χ3v) is 6.88. The van der Waals surface area contributed by atoms with E-state index in [2.05, 4.69) is 50.4 Å². The molecule has 0 bridgehead atoms. The number of carbonyl (C=O) groups excluding carboxylic acids is 2. The van der Waals surface area contributed by atoms with E-state index in [0.29, 0.717) is 12.1 Å². The van der Waals surface area contributed by atoms with Crippen molar-refractivity contribution in [1.29, 1.82) is 0 Å². The third kappa shape index (κ3) is 3.27. The van der Waals surface area contributed by atoms with Crippen molar-refractivity contribution >= 4 is 17.3 Å². The van der Waals surface area contributed by atoms with Crippen molar-refractivity contribution in [1.82, 2.24) is 5.32 Å². The smallest absolute Gasteiger partial charge is 0.192 e. The minimum absolute atomic E-state index is 0.0838. The largest absolute Gasteiger partial charge is 0.352 e. The summed E-state index contributed by atoms with van der Waals surface area (Å²) < 4.78 is 0. The molecule has 1 aliphatic heterocycles. The van der Waals surface area contributed by atoms with Crippen LogP contribution in [0.3, 0.4) is 0 Å². The molecule has 0 saturated heterocycles. The van der Waals surface area contributed by atoms with Crippen LogP contribution in [-0.4, -0.2) is 11.6 Å². The lowest BCUT2D eigenvalue weighted by atomic mass is 9.67. The molecule has 1 unspecified atom stereocenters. The van der Waals surface area contributed by atoms with E-state index in [4.69, 9.17) is 0 Å². The maximum atomic E-state index is 13.5. The molecule has 0 radical (unpaired) electrons. The highest BCUT2D eigenvalue weighted by molar-refractivity contribution is 6.23. The number of unbranched alkanes of at least 4 members (excludes halogenated alkanes) is 1. The zero-order chi connectivity index (χ0) is 21.8. The summed E-state index contributed by atoms with van der Waals surface area (Å²) in [5.74, 6) is 0.0645. The summed E-state index contributed by atoms with van der Waals surface area (Å²) in [4.78, 5) is 26.7. The number of hydrogen-bond donors (Lipinski definition) is 1. The lowest BCUT2D eigenvalue weighted by Gasteiger charge is -2.39. The summed E-state index contributed by atoms with van der Waals surface area (Å²) in [6, 6.07) is 16.5. The maximum absolute atomic E-state index is 13.5. The van der Waals surface area contributed by atoms with Crippen molar-refractivity contribution in [3.05, 3.63) is 87.6 Å². The van der Waals surface area contributed by atoms with Crippen molar-refractivity contribution in [3.8, 4) is 0 Å². The van der Waals surface area contributed by atoms with Gasteiger partial charge in [-0.1, -0.05) is 75.7 Å². The van der Waals surface area contributed by atoms with E-state index >= 15 is 0 Å². The molecule has 0 saturated carbocycles. The van der Waals surface area contributed by atoms with Gasteiger partial charge < -0.3 is 5.32 Å². The number of aryl methyl sites for hydroxylation is 1. The van der Waals surface area contributed by atoms with Crippen LogP contribution >= 0.6 is 0 Å². The van der Waals surface area contributed by atoms with Gasteiger partial charge in [-0.15, -0.1) is 0 Å². The minimum Gasteiger partial charge on any atom is -0.352 e. The molecule has 0 fully saturated rings. The molecule has 1 heterocycles. The van der Waals surface area contributed by atoms with E-state index in [1.54, 1.807) is 0 Å². The van der Waals surface area contributed by atoms with Crippen LogP contribution in [0.15, 0.2) is 65.4 Å². The number of allylic oxidation sites excluding steroid dienone is 3. The average Bonchev–Trinajstić information content (AvgIpc) is 3.03. The number of ketones is 2. The number of hydrogen-bond acceptors (Lipinski definition) is 3. The Bertz CT molecular complexity index is 1150. The predicted molar refractivity (Wildman–Crippen MR) is 124 cm³/mol. The van der Waals surface area contributed by atoms with Gasteiger partial charge in [-0.05, 0) is 41.4 Å². The molecular formula is C28H29NO2. The number of nitrogens with one attached hydrogen (secondary N) is 1. The SMILES string of the molecule is CCCCc1ccc(C2C3=C(NC4=C2C(=O)c2ccccc24)C(=O)CC(C)(C)C3)cc1. The minimum atomic E-state index is -0.171. The Morgan fingerprint density at radius 1 is 0.935 bits per heavy atom. The number of benzene rings is 2. The Morgan fingerprint density at radius 2 is 1.65 bits per heavy atom. The second-order valence-electron chi connectivity index (χ2n) is 9.91. The van der Waals surface area contributed by atoms with Gasteiger partial charge >= 0.3 is 0 Å². The van der Waals surface area contributed by atoms with Gasteiger partial charge in [0.2, 0.25) is 0 Å². The zero-order valence-corrected chi connectivity index (χ0v) is 18.5. The van der Waals surface area contributed by atoms with Crippen molar-refractivity contribution in [2.75, 3.05) is 0 Å². The fourth-order valence-corrected chi connectivity index (χ4v) is 5.40. The number of fused-ring (bicyclic) bond motifs is 2. The van der Waals surface area contributed by atoms with E-state index in [1.165, 1.54) is 18.4 Å². The molecule has 3 aliphatic rings. The second-order valence-corrected chi connectivity index (χ2v) is 9.91. The van der Waals surface area contributed by atoms with Crippen LogP contribution in [0.1, 0.15) is 79.4 Å².